The predicted octanol–water partition coefficient (Wildman–Crippen LogP) is 2.62. The number of Topliss-reactive ketones (excluding diaryl/α,β-unsaturated/α-hetero) is 1. The Morgan fingerprint density at radius 2 is 1.77 bits per heavy atom. The van der Waals surface area contributed by atoms with Crippen LogP contribution in [0, 0.1) is 0 Å². The molecular formula is C18H15NO6S. The first kappa shape index (κ1) is 17.7. The highest BCUT2D eigenvalue weighted by atomic mass is 32.2. The summed E-state index contributed by atoms with van der Waals surface area (Å²) in [5.74, 6) is -1.67. The van der Waals surface area contributed by atoms with E-state index < -0.39 is 22.4 Å². The summed E-state index contributed by atoms with van der Waals surface area (Å²) in [5.41, 5.74) is 0.326. The third-order valence-electron chi connectivity index (χ3n) is 3.53. The number of hydrogen-bond acceptors (Lipinski definition) is 6. The van der Waals surface area contributed by atoms with Gasteiger partial charge in [-0.1, -0.05) is 18.2 Å². The highest BCUT2D eigenvalue weighted by Gasteiger charge is 2.20. The molecule has 2 aromatic heterocycles. The highest BCUT2D eigenvalue weighted by molar-refractivity contribution is 7.90. The fourth-order valence-corrected chi connectivity index (χ4v) is 3.52. The van der Waals surface area contributed by atoms with Crippen molar-refractivity contribution in [2.24, 2.45) is 0 Å². The maximum Gasteiger partial charge on any atom is 0.374 e. The molecule has 0 atom stereocenters. The molecular weight excluding hydrogens is 358 g/mol. The number of carbonyl (C=O) groups excluding carboxylic acids is 2. The van der Waals surface area contributed by atoms with Crippen LogP contribution < -0.4 is 0 Å². The molecule has 26 heavy (non-hydrogen) atoms. The van der Waals surface area contributed by atoms with Gasteiger partial charge in [0.25, 0.3) is 0 Å². The van der Waals surface area contributed by atoms with Crippen molar-refractivity contribution in [3.8, 4) is 0 Å². The Morgan fingerprint density at radius 3 is 2.46 bits per heavy atom. The molecule has 7 nitrogen and oxygen atoms in total. The first-order chi connectivity index (χ1) is 12.5. The summed E-state index contributed by atoms with van der Waals surface area (Å²) in [6.07, 6.45) is 1.58. The number of furan rings is 1. The van der Waals surface area contributed by atoms with E-state index in [0.717, 1.165) is 0 Å². The van der Waals surface area contributed by atoms with Gasteiger partial charge in [-0.25, -0.2) is 13.2 Å². The number of ketones is 1. The lowest BCUT2D eigenvalue weighted by atomic mass is 10.3. The molecule has 0 saturated heterocycles. The second kappa shape index (κ2) is 7.40. The topological polar surface area (TPSA) is 106 Å². The number of hydrogen-bond donors (Lipinski definition) is 1. The summed E-state index contributed by atoms with van der Waals surface area (Å²) in [4.78, 5) is 26.6. The molecule has 0 fully saturated rings. The van der Waals surface area contributed by atoms with E-state index in [0.29, 0.717) is 5.69 Å². The van der Waals surface area contributed by atoms with E-state index in [4.69, 9.17) is 9.15 Å². The number of nitrogens with one attached hydrogen (secondary N) is 1. The van der Waals surface area contributed by atoms with Crippen LogP contribution in [-0.4, -0.2) is 31.8 Å². The van der Waals surface area contributed by atoms with Crippen LogP contribution in [-0.2, 0) is 20.3 Å². The van der Waals surface area contributed by atoms with Crippen molar-refractivity contribution in [1.29, 1.82) is 0 Å². The van der Waals surface area contributed by atoms with E-state index in [1.165, 1.54) is 24.3 Å². The van der Waals surface area contributed by atoms with Gasteiger partial charge in [-0.05, 0) is 36.4 Å². The smallest absolute Gasteiger partial charge is 0.374 e. The van der Waals surface area contributed by atoms with Gasteiger partial charge in [-0.2, -0.15) is 0 Å². The zero-order chi connectivity index (χ0) is 18.6. The lowest BCUT2D eigenvalue weighted by Gasteiger charge is -2.03. The number of rotatable bonds is 7. The molecule has 3 rings (SSSR count). The van der Waals surface area contributed by atoms with Gasteiger partial charge in [-0.3, -0.25) is 4.79 Å². The van der Waals surface area contributed by atoms with Crippen LogP contribution in [0.2, 0.25) is 0 Å². The molecule has 8 heteroatoms. The average Bonchev–Trinajstić information content (AvgIpc) is 3.32. The summed E-state index contributed by atoms with van der Waals surface area (Å²) >= 11 is 0. The number of aromatic nitrogens is 1. The lowest BCUT2D eigenvalue weighted by molar-refractivity contribution is 0.0441. The Balaban J connectivity index is 1.62. The van der Waals surface area contributed by atoms with Gasteiger partial charge in [0.2, 0.25) is 11.5 Å². The van der Waals surface area contributed by atoms with E-state index in [2.05, 4.69) is 4.98 Å². The molecule has 0 aliphatic rings. The van der Waals surface area contributed by atoms with Crippen molar-refractivity contribution in [3.05, 3.63) is 78.0 Å². The van der Waals surface area contributed by atoms with Crippen molar-refractivity contribution >= 4 is 21.6 Å². The zero-order valence-corrected chi connectivity index (χ0v) is 14.4. The van der Waals surface area contributed by atoms with E-state index in [1.54, 1.807) is 36.5 Å². The van der Waals surface area contributed by atoms with Crippen molar-refractivity contribution in [3.63, 3.8) is 0 Å². The van der Waals surface area contributed by atoms with Gasteiger partial charge in [0, 0.05) is 6.20 Å². The molecule has 134 valence electrons. The molecule has 0 amide bonds. The zero-order valence-electron chi connectivity index (χ0n) is 13.5. The molecule has 0 spiro atoms. The standard InChI is InChI=1S/C18H15NO6S/c20-16(15-7-4-10-19-15)11-24-18(21)17-9-8-13(25-17)12-26(22,23)14-5-2-1-3-6-14/h1-10,19H,11-12H2. The predicted molar refractivity (Wildman–Crippen MR) is 91.4 cm³/mol. The van der Waals surface area contributed by atoms with Crippen molar-refractivity contribution in [2.75, 3.05) is 6.61 Å². The fraction of sp³-hybridized carbons (Fsp3) is 0.111. The summed E-state index contributed by atoms with van der Waals surface area (Å²) in [7, 11) is -3.59. The van der Waals surface area contributed by atoms with Gasteiger partial charge < -0.3 is 14.1 Å². The summed E-state index contributed by atoms with van der Waals surface area (Å²) in [6, 6.07) is 13.9. The number of aromatic amines is 1. The van der Waals surface area contributed by atoms with Crippen LogP contribution in [0.5, 0.6) is 0 Å². The van der Waals surface area contributed by atoms with Crippen LogP contribution in [0.15, 0.2) is 70.1 Å². The van der Waals surface area contributed by atoms with Crippen LogP contribution >= 0.6 is 0 Å². The molecule has 0 bridgehead atoms. The van der Waals surface area contributed by atoms with E-state index in [-0.39, 0.29) is 28.0 Å². The average molecular weight is 373 g/mol. The van der Waals surface area contributed by atoms with Crippen LogP contribution in [0.25, 0.3) is 0 Å². The maximum atomic E-state index is 12.3. The number of benzene rings is 1. The SMILES string of the molecule is O=C(COC(=O)c1ccc(CS(=O)(=O)c2ccccc2)o1)c1ccc[nH]1. The number of H-pyrrole nitrogens is 1. The van der Waals surface area contributed by atoms with E-state index in [9.17, 15) is 18.0 Å². The van der Waals surface area contributed by atoms with Crippen LogP contribution in [0.4, 0.5) is 0 Å². The van der Waals surface area contributed by atoms with Gasteiger partial charge in [-0.15, -0.1) is 0 Å². The number of ether oxygens (including phenoxy) is 1. The van der Waals surface area contributed by atoms with Crippen LogP contribution in [0.1, 0.15) is 26.8 Å². The first-order valence-corrected chi connectivity index (χ1v) is 9.31. The minimum absolute atomic E-state index is 0.108. The molecule has 0 radical (unpaired) electrons. The van der Waals surface area contributed by atoms with Gasteiger partial charge >= 0.3 is 5.97 Å². The first-order valence-electron chi connectivity index (χ1n) is 7.66. The molecule has 0 saturated carbocycles. The second-order valence-electron chi connectivity index (χ2n) is 5.42. The third kappa shape index (κ3) is 4.09. The van der Waals surface area contributed by atoms with Crippen molar-refractivity contribution in [1.82, 2.24) is 4.98 Å². The summed E-state index contributed by atoms with van der Waals surface area (Å²) in [5, 5.41) is 0. The summed E-state index contributed by atoms with van der Waals surface area (Å²) in [6.45, 7) is -0.447. The molecule has 0 unspecified atom stereocenters. The Kier molecular flexibility index (Phi) is 5.04. The maximum absolute atomic E-state index is 12.3. The van der Waals surface area contributed by atoms with E-state index in [1.807, 2.05) is 0 Å². The Bertz CT molecular complexity index is 1000. The van der Waals surface area contributed by atoms with Gasteiger partial charge in [0.05, 0.1) is 10.6 Å². The molecule has 2 heterocycles. The Morgan fingerprint density at radius 1 is 1.00 bits per heavy atom. The Labute approximate surface area is 149 Å². The number of sulfone groups is 1. The van der Waals surface area contributed by atoms with E-state index >= 15 is 0 Å². The fourth-order valence-electron chi connectivity index (χ4n) is 2.25. The molecule has 1 N–H and O–H groups in total. The minimum Gasteiger partial charge on any atom is -0.453 e. The molecule has 0 aliphatic carbocycles. The highest BCUT2D eigenvalue weighted by Crippen LogP contribution is 2.18. The van der Waals surface area contributed by atoms with Gasteiger partial charge in [0.1, 0.15) is 11.5 Å². The summed E-state index contributed by atoms with van der Waals surface area (Å²) < 4.78 is 34.7. The quantitative estimate of drug-likeness (QED) is 0.504. The Hall–Kier alpha value is -3.13. The minimum atomic E-state index is -3.59. The molecule has 1 aromatic carbocycles. The van der Waals surface area contributed by atoms with Crippen molar-refractivity contribution < 1.29 is 27.2 Å². The van der Waals surface area contributed by atoms with Gasteiger partial charge in [0.15, 0.2) is 16.4 Å². The number of esters is 1. The normalized spacial score (nSPS) is 11.2. The second-order valence-corrected chi connectivity index (χ2v) is 7.41. The van der Waals surface area contributed by atoms with Crippen molar-refractivity contribution in [2.45, 2.75) is 10.6 Å². The lowest BCUT2D eigenvalue weighted by Crippen LogP contribution is -2.14. The van der Waals surface area contributed by atoms with Crippen LogP contribution in [0.3, 0.4) is 0 Å². The third-order valence-corrected chi connectivity index (χ3v) is 5.19. The monoisotopic (exact) mass is 373 g/mol. The molecule has 3 aromatic rings. The number of carbonyl (C=O) groups is 2. The largest absolute Gasteiger partial charge is 0.453 e. The molecule has 0 aliphatic heterocycles.